The minimum absolute atomic E-state index is 0.160. The number of nitrogens with one attached hydrogen (secondary N) is 1. The highest BCUT2D eigenvalue weighted by Gasteiger charge is 2.20. The van der Waals surface area contributed by atoms with Gasteiger partial charge in [-0.1, -0.05) is 0 Å². The standard InChI is InChI=1S/C14H14N4O2S/c1-9-6-11(16)12(7-10(9)2)18-21(19,20)14-4-3-5-17-13(14)8-15/h3-7,18H,16H2,1-2H3. The van der Waals surface area contributed by atoms with Crippen molar-refractivity contribution in [3.05, 3.63) is 47.3 Å². The molecule has 0 aliphatic carbocycles. The first-order chi connectivity index (χ1) is 9.85. The number of benzene rings is 1. The molecule has 2 aromatic rings. The molecule has 1 aromatic heterocycles. The van der Waals surface area contributed by atoms with E-state index in [1.54, 1.807) is 18.2 Å². The smallest absolute Gasteiger partial charge is 0.264 e. The summed E-state index contributed by atoms with van der Waals surface area (Å²) in [6.45, 7) is 3.75. The fourth-order valence-electron chi connectivity index (χ4n) is 1.82. The lowest BCUT2D eigenvalue weighted by Gasteiger charge is -2.13. The Morgan fingerprint density at radius 1 is 1.29 bits per heavy atom. The van der Waals surface area contributed by atoms with E-state index in [9.17, 15) is 8.42 Å². The molecule has 0 bridgehead atoms. The van der Waals surface area contributed by atoms with Crippen LogP contribution in [0.3, 0.4) is 0 Å². The molecule has 0 fully saturated rings. The molecule has 0 atom stereocenters. The summed E-state index contributed by atoms with van der Waals surface area (Å²) in [5.74, 6) is 0. The van der Waals surface area contributed by atoms with Crippen LogP contribution >= 0.6 is 0 Å². The normalized spacial score (nSPS) is 10.9. The number of aryl methyl sites for hydroxylation is 2. The number of nitrogens with zero attached hydrogens (tertiary/aromatic N) is 2. The first kappa shape index (κ1) is 14.8. The molecule has 0 aliphatic rings. The SMILES string of the molecule is Cc1cc(N)c(NS(=O)(=O)c2cccnc2C#N)cc1C. The van der Waals surface area contributed by atoms with Crippen LogP contribution in [0.5, 0.6) is 0 Å². The molecule has 108 valence electrons. The van der Waals surface area contributed by atoms with Gasteiger partial charge in [-0.3, -0.25) is 4.72 Å². The van der Waals surface area contributed by atoms with Crippen molar-refractivity contribution in [2.45, 2.75) is 18.7 Å². The van der Waals surface area contributed by atoms with E-state index in [-0.39, 0.29) is 16.3 Å². The molecule has 6 nitrogen and oxygen atoms in total. The van der Waals surface area contributed by atoms with Crippen molar-refractivity contribution in [1.29, 1.82) is 5.26 Å². The van der Waals surface area contributed by atoms with Gasteiger partial charge in [0, 0.05) is 6.20 Å². The van der Waals surface area contributed by atoms with E-state index in [1.807, 2.05) is 13.8 Å². The van der Waals surface area contributed by atoms with Gasteiger partial charge in [-0.15, -0.1) is 0 Å². The second kappa shape index (κ2) is 5.42. The van der Waals surface area contributed by atoms with Crippen molar-refractivity contribution in [3.63, 3.8) is 0 Å². The minimum atomic E-state index is -3.92. The minimum Gasteiger partial charge on any atom is -0.397 e. The van der Waals surface area contributed by atoms with Gasteiger partial charge in [0.25, 0.3) is 10.0 Å². The molecule has 0 saturated heterocycles. The number of hydrogen-bond donors (Lipinski definition) is 2. The number of hydrogen-bond acceptors (Lipinski definition) is 5. The summed E-state index contributed by atoms with van der Waals surface area (Å²) >= 11 is 0. The summed E-state index contributed by atoms with van der Waals surface area (Å²) < 4.78 is 27.1. The van der Waals surface area contributed by atoms with E-state index in [4.69, 9.17) is 11.0 Å². The highest BCUT2D eigenvalue weighted by molar-refractivity contribution is 7.92. The van der Waals surface area contributed by atoms with Gasteiger partial charge < -0.3 is 5.73 Å². The lowest BCUT2D eigenvalue weighted by Crippen LogP contribution is -2.16. The number of aromatic nitrogens is 1. The Kier molecular flexibility index (Phi) is 3.82. The molecule has 1 aromatic carbocycles. The first-order valence-electron chi connectivity index (χ1n) is 6.10. The average molecular weight is 302 g/mol. The maximum absolute atomic E-state index is 12.4. The molecule has 0 saturated carbocycles. The number of anilines is 2. The Labute approximate surface area is 123 Å². The second-order valence-corrected chi connectivity index (χ2v) is 6.24. The third kappa shape index (κ3) is 2.95. The zero-order valence-corrected chi connectivity index (χ0v) is 12.4. The highest BCUT2D eigenvalue weighted by atomic mass is 32.2. The van der Waals surface area contributed by atoms with Crippen LogP contribution in [0.25, 0.3) is 0 Å². The van der Waals surface area contributed by atoms with E-state index in [0.29, 0.717) is 5.69 Å². The summed E-state index contributed by atoms with van der Waals surface area (Å²) in [5, 5.41) is 8.95. The average Bonchev–Trinajstić information content (AvgIpc) is 2.44. The number of nitrogens with two attached hydrogens (primary N) is 1. The van der Waals surface area contributed by atoms with Crippen molar-refractivity contribution in [3.8, 4) is 6.07 Å². The predicted octanol–water partition coefficient (Wildman–Crippen LogP) is 1.95. The van der Waals surface area contributed by atoms with Gasteiger partial charge in [0.1, 0.15) is 11.0 Å². The van der Waals surface area contributed by atoms with Gasteiger partial charge in [0.05, 0.1) is 11.4 Å². The van der Waals surface area contributed by atoms with E-state index >= 15 is 0 Å². The Morgan fingerprint density at radius 2 is 1.95 bits per heavy atom. The fraction of sp³-hybridized carbons (Fsp3) is 0.143. The number of sulfonamides is 1. The molecule has 0 aliphatic heterocycles. The lowest BCUT2D eigenvalue weighted by atomic mass is 10.1. The van der Waals surface area contributed by atoms with Gasteiger partial charge >= 0.3 is 0 Å². The van der Waals surface area contributed by atoms with Crippen molar-refractivity contribution >= 4 is 21.4 Å². The quantitative estimate of drug-likeness (QED) is 0.842. The zero-order chi connectivity index (χ0) is 15.6. The van der Waals surface area contributed by atoms with Crippen LogP contribution in [0.1, 0.15) is 16.8 Å². The number of pyridine rings is 1. The molecule has 21 heavy (non-hydrogen) atoms. The molecule has 3 N–H and O–H groups in total. The van der Waals surface area contributed by atoms with Crippen molar-refractivity contribution in [2.75, 3.05) is 10.5 Å². The Hall–Kier alpha value is -2.59. The molecule has 7 heteroatoms. The van der Waals surface area contributed by atoms with Gasteiger partial charge in [-0.05, 0) is 49.2 Å². The molecule has 1 heterocycles. The van der Waals surface area contributed by atoms with Crippen LogP contribution in [0, 0.1) is 25.2 Å². The Morgan fingerprint density at radius 3 is 2.62 bits per heavy atom. The van der Waals surface area contributed by atoms with Crippen LogP contribution in [0.2, 0.25) is 0 Å². The predicted molar refractivity (Wildman–Crippen MR) is 80.1 cm³/mol. The summed E-state index contributed by atoms with van der Waals surface area (Å²) in [4.78, 5) is 3.57. The molecule has 0 radical (unpaired) electrons. The van der Waals surface area contributed by atoms with Crippen LogP contribution in [0.15, 0.2) is 35.4 Å². The highest BCUT2D eigenvalue weighted by Crippen LogP contribution is 2.26. The zero-order valence-electron chi connectivity index (χ0n) is 11.6. The van der Waals surface area contributed by atoms with Gasteiger partial charge in [0.15, 0.2) is 5.69 Å². The molecular formula is C14H14N4O2S. The third-order valence-corrected chi connectivity index (χ3v) is 4.47. The number of rotatable bonds is 3. The van der Waals surface area contributed by atoms with Gasteiger partial charge in [-0.25, -0.2) is 13.4 Å². The Bertz CT molecular complexity index is 839. The number of nitrogen functional groups attached to an aromatic ring is 1. The maximum Gasteiger partial charge on any atom is 0.264 e. The summed E-state index contributed by atoms with van der Waals surface area (Å²) in [5.41, 5.74) is 8.16. The first-order valence-corrected chi connectivity index (χ1v) is 7.58. The van der Waals surface area contributed by atoms with Crippen molar-refractivity contribution in [1.82, 2.24) is 4.98 Å². The van der Waals surface area contributed by atoms with E-state index in [2.05, 4.69) is 9.71 Å². The van der Waals surface area contributed by atoms with E-state index in [1.165, 1.54) is 18.3 Å². The molecule has 0 amide bonds. The number of nitriles is 1. The lowest BCUT2D eigenvalue weighted by molar-refractivity contribution is 0.600. The largest absolute Gasteiger partial charge is 0.397 e. The van der Waals surface area contributed by atoms with Crippen LogP contribution < -0.4 is 10.5 Å². The monoisotopic (exact) mass is 302 g/mol. The van der Waals surface area contributed by atoms with Gasteiger partial charge in [-0.2, -0.15) is 5.26 Å². The van der Waals surface area contributed by atoms with Crippen LogP contribution in [-0.2, 0) is 10.0 Å². The fourth-order valence-corrected chi connectivity index (χ4v) is 3.00. The van der Waals surface area contributed by atoms with Crippen LogP contribution in [0.4, 0.5) is 11.4 Å². The van der Waals surface area contributed by atoms with E-state index < -0.39 is 10.0 Å². The summed E-state index contributed by atoms with van der Waals surface area (Å²) in [7, 11) is -3.92. The molecule has 0 unspecified atom stereocenters. The molecule has 0 spiro atoms. The topological polar surface area (TPSA) is 109 Å². The third-order valence-electron chi connectivity index (χ3n) is 3.08. The second-order valence-electron chi connectivity index (χ2n) is 4.59. The maximum atomic E-state index is 12.4. The van der Waals surface area contributed by atoms with E-state index in [0.717, 1.165) is 11.1 Å². The van der Waals surface area contributed by atoms with Crippen LogP contribution in [-0.4, -0.2) is 13.4 Å². The summed E-state index contributed by atoms with van der Waals surface area (Å²) in [6, 6.07) is 7.90. The van der Waals surface area contributed by atoms with Gasteiger partial charge in [0.2, 0.25) is 0 Å². The van der Waals surface area contributed by atoms with Crippen molar-refractivity contribution in [2.24, 2.45) is 0 Å². The molecule has 2 rings (SSSR count). The molecular weight excluding hydrogens is 288 g/mol. The summed E-state index contributed by atoms with van der Waals surface area (Å²) in [6.07, 6.45) is 1.36. The Balaban J connectivity index is 2.48. The van der Waals surface area contributed by atoms with Crippen molar-refractivity contribution < 1.29 is 8.42 Å².